The first-order chi connectivity index (χ1) is 11.7. The molecule has 7 heteroatoms. The average Bonchev–Trinajstić information content (AvgIpc) is 3.00. The lowest BCUT2D eigenvalue weighted by Crippen LogP contribution is -2.38. The molecule has 0 unspecified atom stereocenters. The third kappa shape index (κ3) is 4.88. The summed E-state index contributed by atoms with van der Waals surface area (Å²) in [6, 6.07) is 10.2. The van der Waals surface area contributed by atoms with Gasteiger partial charge >= 0.3 is 0 Å². The van der Waals surface area contributed by atoms with Gasteiger partial charge in [-0.05, 0) is 24.6 Å². The molecule has 2 aromatic heterocycles. The van der Waals surface area contributed by atoms with E-state index in [4.69, 9.17) is 0 Å². The highest BCUT2D eigenvalue weighted by Crippen LogP contribution is 2.16. The first-order valence-electron chi connectivity index (χ1n) is 7.83. The second-order valence-corrected chi connectivity index (χ2v) is 6.66. The van der Waals surface area contributed by atoms with Crippen molar-refractivity contribution in [1.29, 1.82) is 0 Å². The fourth-order valence-electron chi connectivity index (χ4n) is 2.67. The quantitative estimate of drug-likeness (QED) is 0.360. The number of guanidine groups is 1. The predicted molar refractivity (Wildman–Crippen MR) is 116 cm³/mol. The number of thiazole rings is 1. The summed E-state index contributed by atoms with van der Waals surface area (Å²) in [6.07, 6.45) is 1.85. The molecule has 0 saturated carbocycles. The number of benzene rings is 1. The van der Waals surface area contributed by atoms with E-state index >= 15 is 0 Å². The maximum Gasteiger partial charge on any atom is 0.194 e. The molecule has 0 spiro atoms. The molecular formula is C18H22IN5S. The summed E-state index contributed by atoms with van der Waals surface area (Å²) in [4.78, 5) is 15.4. The minimum atomic E-state index is 0. The first kappa shape index (κ1) is 19.6. The van der Waals surface area contributed by atoms with E-state index in [1.165, 1.54) is 10.9 Å². The van der Waals surface area contributed by atoms with Gasteiger partial charge in [0, 0.05) is 37.6 Å². The fourth-order valence-corrected chi connectivity index (χ4v) is 3.27. The van der Waals surface area contributed by atoms with Crippen LogP contribution in [0.3, 0.4) is 0 Å². The van der Waals surface area contributed by atoms with Gasteiger partial charge in [0.1, 0.15) is 0 Å². The summed E-state index contributed by atoms with van der Waals surface area (Å²) in [5.41, 5.74) is 3.29. The third-order valence-corrected chi connectivity index (χ3v) is 4.64. The number of rotatable bonds is 4. The zero-order valence-corrected chi connectivity index (χ0v) is 17.7. The minimum absolute atomic E-state index is 0. The van der Waals surface area contributed by atoms with Crippen LogP contribution in [0.4, 0.5) is 0 Å². The highest BCUT2D eigenvalue weighted by atomic mass is 127. The Balaban J connectivity index is 0.00000225. The lowest BCUT2D eigenvalue weighted by atomic mass is 10.1. The summed E-state index contributed by atoms with van der Waals surface area (Å²) in [5.74, 6) is 0.849. The molecule has 3 aromatic rings. The van der Waals surface area contributed by atoms with E-state index in [0.29, 0.717) is 6.54 Å². The van der Waals surface area contributed by atoms with E-state index in [9.17, 15) is 0 Å². The van der Waals surface area contributed by atoms with E-state index in [1.807, 2.05) is 44.4 Å². The Morgan fingerprint density at radius 2 is 2.08 bits per heavy atom. The lowest BCUT2D eigenvalue weighted by molar-refractivity contribution is 0.471. The Bertz CT molecular complexity index is 856. The van der Waals surface area contributed by atoms with Crippen molar-refractivity contribution in [2.75, 3.05) is 14.1 Å². The van der Waals surface area contributed by atoms with Gasteiger partial charge in [-0.3, -0.25) is 9.98 Å². The van der Waals surface area contributed by atoms with Crippen molar-refractivity contribution in [2.45, 2.75) is 20.0 Å². The Morgan fingerprint density at radius 1 is 1.28 bits per heavy atom. The average molecular weight is 467 g/mol. The number of para-hydroxylation sites is 1. The second kappa shape index (κ2) is 9.10. The van der Waals surface area contributed by atoms with Crippen molar-refractivity contribution >= 4 is 52.2 Å². The van der Waals surface area contributed by atoms with Crippen molar-refractivity contribution in [2.24, 2.45) is 4.99 Å². The van der Waals surface area contributed by atoms with Crippen LogP contribution < -0.4 is 5.32 Å². The zero-order valence-electron chi connectivity index (χ0n) is 14.6. The van der Waals surface area contributed by atoms with Crippen molar-refractivity contribution in [3.8, 4) is 0 Å². The Labute approximate surface area is 169 Å². The van der Waals surface area contributed by atoms with Gasteiger partial charge in [0.15, 0.2) is 5.96 Å². The number of pyridine rings is 1. The van der Waals surface area contributed by atoms with Gasteiger partial charge in [0.05, 0.1) is 22.8 Å². The Hall–Kier alpha value is -1.74. The number of hydrogen-bond donors (Lipinski definition) is 1. The molecule has 0 radical (unpaired) electrons. The largest absolute Gasteiger partial charge is 0.352 e. The number of nitrogens with one attached hydrogen (secondary N) is 1. The summed E-state index contributed by atoms with van der Waals surface area (Å²) in [6.45, 7) is 3.47. The summed E-state index contributed by atoms with van der Waals surface area (Å²) >= 11 is 1.67. The number of aliphatic imine (C=N–C) groups is 1. The highest BCUT2D eigenvalue weighted by Gasteiger charge is 2.09. The molecule has 0 aliphatic rings. The highest BCUT2D eigenvalue weighted by molar-refractivity contribution is 14.0. The number of aromatic nitrogens is 2. The van der Waals surface area contributed by atoms with Crippen LogP contribution in [0, 0.1) is 6.92 Å². The van der Waals surface area contributed by atoms with Gasteiger partial charge in [0.2, 0.25) is 0 Å². The molecule has 0 fully saturated rings. The molecule has 25 heavy (non-hydrogen) atoms. The summed E-state index contributed by atoms with van der Waals surface area (Å²) in [7, 11) is 3.82. The van der Waals surface area contributed by atoms with E-state index in [2.05, 4.69) is 36.6 Å². The first-order valence-corrected chi connectivity index (χ1v) is 8.71. The summed E-state index contributed by atoms with van der Waals surface area (Å²) < 4.78 is 0. The maximum atomic E-state index is 4.51. The second-order valence-electron chi connectivity index (χ2n) is 5.60. The monoisotopic (exact) mass is 467 g/mol. The van der Waals surface area contributed by atoms with Crippen LogP contribution in [0.2, 0.25) is 0 Å². The molecule has 0 bridgehead atoms. The van der Waals surface area contributed by atoms with Crippen molar-refractivity contribution in [3.05, 3.63) is 58.2 Å². The molecule has 0 atom stereocenters. The molecule has 1 N–H and O–H groups in total. The minimum Gasteiger partial charge on any atom is -0.352 e. The van der Waals surface area contributed by atoms with E-state index < -0.39 is 0 Å². The van der Waals surface area contributed by atoms with Crippen molar-refractivity contribution < 1.29 is 0 Å². The third-order valence-electron chi connectivity index (χ3n) is 3.82. The van der Waals surface area contributed by atoms with Crippen LogP contribution in [0.25, 0.3) is 10.9 Å². The molecule has 5 nitrogen and oxygen atoms in total. The predicted octanol–water partition coefficient (Wildman–Crippen LogP) is 3.83. The van der Waals surface area contributed by atoms with Crippen LogP contribution >= 0.6 is 35.3 Å². The van der Waals surface area contributed by atoms with E-state index in [-0.39, 0.29) is 24.0 Å². The molecule has 3 rings (SSSR count). The van der Waals surface area contributed by atoms with Crippen LogP contribution in [-0.2, 0) is 13.1 Å². The number of hydrogen-bond acceptors (Lipinski definition) is 4. The topological polar surface area (TPSA) is 53.4 Å². The van der Waals surface area contributed by atoms with Crippen LogP contribution in [0.15, 0.2) is 46.9 Å². The van der Waals surface area contributed by atoms with Gasteiger partial charge in [0.25, 0.3) is 0 Å². The molecular weight excluding hydrogens is 445 g/mol. The Morgan fingerprint density at radius 3 is 2.80 bits per heavy atom. The fraction of sp³-hybridized carbons (Fsp3) is 0.278. The van der Waals surface area contributed by atoms with Crippen molar-refractivity contribution in [3.63, 3.8) is 0 Å². The Kier molecular flexibility index (Phi) is 7.12. The van der Waals surface area contributed by atoms with Gasteiger partial charge in [-0.15, -0.1) is 35.3 Å². The standard InChI is InChI=1S/C18H21N5S.HI/c1-13-22-15(12-24-13)11-23(3)18(19-2)21-10-14-8-9-20-17-7-5-4-6-16(14)17;/h4-9,12H,10-11H2,1-3H3,(H,19,21);1H. The number of fused-ring (bicyclic) bond motifs is 1. The van der Waals surface area contributed by atoms with Gasteiger partial charge in [-0.1, -0.05) is 18.2 Å². The summed E-state index contributed by atoms with van der Waals surface area (Å²) in [5, 5.41) is 7.78. The smallest absolute Gasteiger partial charge is 0.194 e. The molecule has 2 heterocycles. The molecule has 0 amide bonds. The van der Waals surface area contributed by atoms with Crippen LogP contribution in [0.5, 0.6) is 0 Å². The van der Waals surface area contributed by atoms with Crippen molar-refractivity contribution in [1.82, 2.24) is 20.2 Å². The zero-order chi connectivity index (χ0) is 16.9. The van der Waals surface area contributed by atoms with Gasteiger partial charge < -0.3 is 10.2 Å². The van der Waals surface area contributed by atoms with Crippen LogP contribution in [0.1, 0.15) is 16.3 Å². The van der Waals surface area contributed by atoms with E-state index in [0.717, 1.165) is 28.7 Å². The van der Waals surface area contributed by atoms with Crippen LogP contribution in [-0.4, -0.2) is 34.9 Å². The van der Waals surface area contributed by atoms with Gasteiger partial charge in [-0.2, -0.15) is 0 Å². The number of nitrogens with zero attached hydrogens (tertiary/aromatic N) is 4. The van der Waals surface area contributed by atoms with Gasteiger partial charge in [-0.25, -0.2) is 4.98 Å². The number of aryl methyl sites for hydroxylation is 1. The maximum absolute atomic E-state index is 4.51. The molecule has 0 saturated heterocycles. The molecule has 1 aromatic carbocycles. The number of halogens is 1. The van der Waals surface area contributed by atoms with E-state index in [1.54, 1.807) is 18.4 Å². The normalized spacial score (nSPS) is 11.2. The molecule has 0 aliphatic carbocycles. The molecule has 132 valence electrons. The molecule has 0 aliphatic heterocycles. The SMILES string of the molecule is CN=C(NCc1ccnc2ccccc12)N(C)Cc1csc(C)n1.I. The lowest BCUT2D eigenvalue weighted by Gasteiger charge is -2.21.